The molecule has 0 radical (unpaired) electrons. The van der Waals surface area contributed by atoms with Crippen LogP contribution < -0.4 is 10.1 Å². The van der Waals surface area contributed by atoms with Crippen molar-refractivity contribution in [2.75, 3.05) is 24.7 Å². The van der Waals surface area contributed by atoms with E-state index in [1.54, 1.807) is 12.1 Å². The normalized spacial score (nSPS) is 23.9. The molecule has 1 aromatic rings. The molecule has 0 aliphatic carbocycles. The molecule has 1 unspecified atom stereocenters. The van der Waals surface area contributed by atoms with Gasteiger partial charge in [-0.15, -0.1) is 0 Å². The molecule has 1 saturated heterocycles. The summed E-state index contributed by atoms with van der Waals surface area (Å²) in [5, 5.41) is 12.0. The number of hydrogen-bond acceptors (Lipinski definition) is 5. The second-order valence-electron chi connectivity index (χ2n) is 5.51. The fraction of sp³-hybridized carbons (Fsp3) is 0.500. The van der Waals surface area contributed by atoms with Gasteiger partial charge in [0.1, 0.15) is 12.4 Å². The van der Waals surface area contributed by atoms with E-state index < -0.39 is 15.8 Å². The van der Waals surface area contributed by atoms with Crippen LogP contribution in [0.3, 0.4) is 0 Å². The van der Waals surface area contributed by atoms with Gasteiger partial charge in [-0.25, -0.2) is 13.2 Å². The van der Waals surface area contributed by atoms with Gasteiger partial charge in [0.05, 0.1) is 17.1 Å². The summed E-state index contributed by atoms with van der Waals surface area (Å²) < 4.78 is 28.4. The fourth-order valence-electron chi connectivity index (χ4n) is 2.37. The Hall–Kier alpha value is -1.60. The predicted octanol–water partition coefficient (Wildman–Crippen LogP) is 0.930. The SMILES string of the molecule is CC1(NCCOc2ccc(C(=O)O)cc2)CCS(=O)(=O)C1. The maximum Gasteiger partial charge on any atom is 0.335 e. The summed E-state index contributed by atoms with van der Waals surface area (Å²) in [6.07, 6.45) is 0.614. The van der Waals surface area contributed by atoms with Crippen LogP contribution in [0.5, 0.6) is 5.75 Å². The van der Waals surface area contributed by atoms with Crippen LogP contribution in [0.2, 0.25) is 0 Å². The summed E-state index contributed by atoms with van der Waals surface area (Å²) in [6, 6.07) is 6.17. The predicted molar refractivity (Wildman–Crippen MR) is 78.6 cm³/mol. The molecule has 1 heterocycles. The summed E-state index contributed by atoms with van der Waals surface area (Å²) in [5.41, 5.74) is -0.167. The monoisotopic (exact) mass is 313 g/mol. The van der Waals surface area contributed by atoms with Crippen molar-refractivity contribution >= 4 is 15.8 Å². The number of aromatic carboxylic acids is 1. The first-order chi connectivity index (χ1) is 9.80. The van der Waals surface area contributed by atoms with E-state index in [1.165, 1.54) is 12.1 Å². The molecule has 116 valence electrons. The van der Waals surface area contributed by atoms with Gasteiger partial charge in [0.2, 0.25) is 0 Å². The van der Waals surface area contributed by atoms with Crippen molar-refractivity contribution in [3.05, 3.63) is 29.8 Å². The zero-order valence-corrected chi connectivity index (χ0v) is 12.6. The summed E-state index contributed by atoms with van der Waals surface area (Å²) in [5.74, 6) is 0.00555. The highest BCUT2D eigenvalue weighted by molar-refractivity contribution is 7.91. The van der Waals surface area contributed by atoms with E-state index in [9.17, 15) is 13.2 Å². The summed E-state index contributed by atoms with van der Waals surface area (Å²) in [6.45, 7) is 2.83. The average molecular weight is 313 g/mol. The molecule has 1 aliphatic heterocycles. The number of ether oxygens (including phenoxy) is 1. The van der Waals surface area contributed by atoms with Crippen molar-refractivity contribution in [3.8, 4) is 5.75 Å². The molecule has 0 bridgehead atoms. The largest absolute Gasteiger partial charge is 0.492 e. The van der Waals surface area contributed by atoms with Crippen LogP contribution in [0.1, 0.15) is 23.7 Å². The molecular formula is C14H19NO5S. The first kappa shape index (κ1) is 15.8. The third-order valence-corrected chi connectivity index (χ3v) is 5.43. The highest BCUT2D eigenvalue weighted by Crippen LogP contribution is 2.22. The first-order valence-electron chi connectivity index (χ1n) is 6.71. The first-order valence-corrected chi connectivity index (χ1v) is 8.53. The van der Waals surface area contributed by atoms with Gasteiger partial charge in [-0.1, -0.05) is 0 Å². The summed E-state index contributed by atoms with van der Waals surface area (Å²) in [4.78, 5) is 10.7. The van der Waals surface area contributed by atoms with Crippen LogP contribution in [0.15, 0.2) is 24.3 Å². The van der Waals surface area contributed by atoms with E-state index >= 15 is 0 Å². The second kappa shape index (κ2) is 6.03. The van der Waals surface area contributed by atoms with Crippen LogP contribution in [-0.2, 0) is 9.84 Å². The van der Waals surface area contributed by atoms with Gasteiger partial charge in [0.15, 0.2) is 9.84 Å². The number of rotatable bonds is 6. The lowest BCUT2D eigenvalue weighted by atomic mass is 10.0. The van der Waals surface area contributed by atoms with E-state index in [0.29, 0.717) is 25.3 Å². The van der Waals surface area contributed by atoms with Crippen LogP contribution in [0.4, 0.5) is 0 Å². The molecule has 2 rings (SSSR count). The van der Waals surface area contributed by atoms with Gasteiger partial charge in [-0.2, -0.15) is 0 Å². The van der Waals surface area contributed by atoms with Gasteiger partial charge < -0.3 is 15.2 Å². The Morgan fingerprint density at radius 1 is 1.38 bits per heavy atom. The van der Waals surface area contributed by atoms with Gasteiger partial charge in [0.25, 0.3) is 0 Å². The number of carboxylic acids is 1. The Labute approximate surface area is 124 Å². The zero-order valence-electron chi connectivity index (χ0n) is 11.8. The lowest BCUT2D eigenvalue weighted by Crippen LogP contribution is -2.45. The van der Waals surface area contributed by atoms with Gasteiger partial charge >= 0.3 is 5.97 Å². The van der Waals surface area contributed by atoms with E-state index in [2.05, 4.69) is 5.32 Å². The minimum atomic E-state index is -2.92. The van der Waals surface area contributed by atoms with E-state index in [-0.39, 0.29) is 22.6 Å². The number of sulfone groups is 1. The third kappa shape index (κ3) is 4.44. The van der Waals surface area contributed by atoms with Gasteiger partial charge in [-0.05, 0) is 37.6 Å². The van der Waals surface area contributed by atoms with Crippen molar-refractivity contribution < 1.29 is 23.1 Å². The second-order valence-corrected chi connectivity index (χ2v) is 7.69. The molecule has 7 heteroatoms. The molecule has 1 atom stereocenters. The summed E-state index contributed by atoms with van der Waals surface area (Å²) >= 11 is 0. The smallest absolute Gasteiger partial charge is 0.335 e. The minimum Gasteiger partial charge on any atom is -0.492 e. The summed E-state index contributed by atoms with van der Waals surface area (Å²) in [7, 11) is -2.92. The van der Waals surface area contributed by atoms with Gasteiger partial charge in [-0.3, -0.25) is 0 Å². The van der Waals surface area contributed by atoms with Crippen molar-refractivity contribution in [2.45, 2.75) is 18.9 Å². The zero-order chi connectivity index (χ0) is 15.5. The van der Waals surface area contributed by atoms with E-state index in [4.69, 9.17) is 9.84 Å². The van der Waals surface area contributed by atoms with Crippen LogP contribution in [0, 0.1) is 0 Å². The van der Waals surface area contributed by atoms with Crippen LogP contribution >= 0.6 is 0 Å². The minimum absolute atomic E-state index is 0.160. The van der Waals surface area contributed by atoms with Crippen LogP contribution in [-0.4, -0.2) is 49.7 Å². The highest BCUT2D eigenvalue weighted by atomic mass is 32.2. The Balaban J connectivity index is 1.76. The number of benzene rings is 1. The van der Waals surface area contributed by atoms with Crippen molar-refractivity contribution in [1.29, 1.82) is 0 Å². The molecular weight excluding hydrogens is 294 g/mol. The van der Waals surface area contributed by atoms with E-state index in [0.717, 1.165) is 0 Å². The standard InChI is InChI=1S/C14H19NO5S/c1-14(6-9-21(18,19)10-14)15-7-8-20-12-4-2-11(3-5-12)13(16)17/h2-5,15H,6-10H2,1H3,(H,16,17). The molecule has 1 fully saturated rings. The number of nitrogens with one attached hydrogen (secondary N) is 1. The molecule has 0 aromatic heterocycles. The third-order valence-electron chi connectivity index (χ3n) is 3.53. The Morgan fingerprint density at radius 2 is 2.05 bits per heavy atom. The molecule has 6 nitrogen and oxygen atoms in total. The molecule has 0 amide bonds. The van der Waals surface area contributed by atoms with Gasteiger partial charge in [0, 0.05) is 12.1 Å². The Kier molecular flexibility index (Phi) is 4.53. The van der Waals surface area contributed by atoms with E-state index in [1.807, 2.05) is 6.92 Å². The number of carbonyl (C=O) groups is 1. The molecule has 21 heavy (non-hydrogen) atoms. The Bertz CT molecular complexity index is 611. The molecule has 0 spiro atoms. The van der Waals surface area contributed by atoms with Crippen molar-refractivity contribution in [3.63, 3.8) is 0 Å². The van der Waals surface area contributed by atoms with Crippen molar-refractivity contribution in [1.82, 2.24) is 5.32 Å². The maximum absolute atomic E-state index is 11.5. The lowest BCUT2D eigenvalue weighted by Gasteiger charge is -2.23. The molecule has 1 aliphatic rings. The quantitative estimate of drug-likeness (QED) is 0.759. The van der Waals surface area contributed by atoms with Crippen molar-refractivity contribution in [2.24, 2.45) is 0 Å². The number of hydrogen-bond donors (Lipinski definition) is 2. The van der Waals surface area contributed by atoms with Crippen LogP contribution in [0.25, 0.3) is 0 Å². The molecule has 0 saturated carbocycles. The number of carboxylic acid groups (broad SMARTS) is 1. The Morgan fingerprint density at radius 3 is 2.57 bits per heavy atom. The maximum atomic E-state index is 11.5. The molecule has 1 aromatic carbocycles. The molecule has 2 N–H and O–H groups in total. The fourth-order valence-corrected chi connectivity index (χ4v) is 4.49. The highest BCUT2D eigenvalue weighted by Gasteiger charge is 2.37. The lowest BCUT2D eigenvalue weighted by molar-refractivity contribution is 0.0697. The average Bonchev–Trinajstić information content (AvgIpc) is 2.70. The topological polar surface area (TPSA) is 92.7 Å².